The molecule has 4 nitrogen and oxygen atoms in total. The number of hydrogen-bond acceptors (Lipinski definition) is 3. The lowest BCUT2D eigenvalue weighted by Crippen LogP contribution is -2.23. The number of benzene rings is 1. The number of fused-ring (bicyclic) bond motifs is 1. The maximum atomic E-state index is 4.51. The Morgan fingerprint density at radius 2 is 2.05 bits per heavy atom. The second kappa shape index (κ2) is 5.20. The summed E-state index contributed by atoms with van der Waals surface area (Å²) in [7, 11) is 0. The van der Waals surface area contributed by atoms with Crippen LogP contribution in [0.15, 0.2) is 48.9 Å². The third-order valence-electron chi connectivity index (χ3n) is 3.18. The van der Waals surface area contributed by atoms with Gasteiger partial charge in [0.05, 0.1) is 11.6 Å². The first-order valence-corrected chi connectivity index (χ1v) is 6.46. The maximum Gasteiger partial charge on any atom is 0.127 e. The van der Waals surface area contributed by atoms with Crippen molar-refractivity contribution in [3.05, 3.63) is 60.3 Å². The molecule has 4 heteroatoms. The summed E-state index contributed by atoms with van der Waals surface area (Å²) in [6.45, 7) is 2.96. The molecule has 0 bridgehead atoms. The minimum Gasteiger partial charge on any atom is -0.347 e. The topological polar surface area (TPSA) is 53.6 Å². The number of aromatic amines is 1. The molecule has 96 valence electrons. The highest BCUT2D eigenvalue weighted by Crippen LogP contribution is 2.25. The molecular weight excluding hydrogens is 236 g/mol. The number of aromatic nitrogens is 3. The van der Waals surface area contributed by atoms with E-state index in [9.17, 15) is 0 Å². The zero-order chi connectivity index (χ0) is 13.1. The Morgan fingerprint density at radius 3 is 2.84 bits per heavy atom. The molecule has 19 heavy (non-hydrogen) atoms. The van der Waals surface area contributed by atoms with E-state index >= 15 is 0 Å². The van der Waals surface area contributed by atoms with Crippen LogP contribution in [0.25, 0.3) is 10.9 Å². The number of para-hydroxylation sites is 1. The number of hydrogen-bond donors (Lipinski definition) is 2. The Labute approximate surface area is 111 Å². The molecule has 0 radical (unpaired) electrons. The van der Waals surface area contributed by atoms with Crippen LogP contribution in [-0.2, 0) is 0 Å². The van der Waals surface area contributed by atoms with Crippen LogP contribution in [-0.4, -0.2) is 21.5 Å². The lowest BCUT2D eigenvalue weighted by atomic mass is 10.0. The highest BCUT2D eigenvalue weighted by molar-refractivity contribution is 5.82. The van der Waals surface area contributed by atoms with Gasteiger partial charge in [0.2, 0.25) is 0 Å². The molecule has 3 rings (SSSR count). The van der Waals surface area contributed by atoms with Crippen LogP contribution in [0.2, 0.25) is 0 Å². The van der Waals surface area contributed by atoms with Crippen molar-refractivity contribution in [1.82, 2.24) is 20.3 Å². The fourth-order valence-corrected chi connectivity index (χ4v) is 2.35. The van der Waals surface area contributed by atoms with Crippen molar-refractivity contribution in [3.63, 3.8) is 0 Å². The summed E-state index contributed by atoms with van der Waals surface area (Å²) < 4.78 is 0. The number of pyridine rings is 1. The van der Waals surface area contributed by atoms with Crippen LogP contribution >= 0.6 is 0 Å². The highest BCUT2D eigenvalue weighted by atomic mass is 15.0. The second-order valence-electron chi connectivity index (χ2n) is 4.39. The van der Waals surface area contributed by atoms with Crippen LogP contribution < -0.4 is 5.32 Å². The molecule has 1 unspecified atom stereocenters. The van der Waals surface area contributed by atoms with E-state index in [0.717, 1.165) is 28.8 Å². The molecule has 2 N–H and O–H groups in total. The van der Waals surface area contributed by atoms with E-state index in [0.29, 0.717) is 0 Å². The van der Waals surface area contributed by atoms with Crippen LogP contribution in [0.4, 0.5) is 0 Å². The predicted molar refractivity (Wildman–Crippen MR) is 75.9 cm³/mol. The molecule has 2 heterocycles. The monoisotopic (exact) mass is 252 g/mol. The van der Waals surface area contributed by atoms with E-state index in [-0.39, 0.29) is 6.04 Å². The Morgan fingerprint density at radius 1 is 1.16 bits per heavy atom. The van der Waals surface area contributed by atoms with Gasteiger partial charge in [-0.1, -0.05) is 31.2 Å². The number of nitrogens with one attached hydrogen (secondary N) is 2. The Bertz CT molecular complexity index is 655. The van der Waals surface area contributed by atoms with Crippen LogP contribution in [0.5, 0.6) is 0 Å². The van der Waals surface area contributed by atoms with E-state index in [2.05, 4.69) is 51.5 Å². The molecule has 0 saturated heterocycles. The van der Waals surface area contributed by atoms with Crippen molar-refractivity contribution in [1.29, 1.82) is 0 Å². The van der Waals surface area contributed by atoms with Gasteiger partial charge in [0.15, 0.2) is 0 Å². The smallest absolute Gasteiger partial charge is 0.127 e. The summed E-state index contributed by atoms with van der Waals surface area (Å²) >= 11 is 0. The molecule has 0 aliphatic carbocycles. The highest BCUT2D eigenvalue weighted by Gasteiger charge is 2.18. The van der Waals surface area contributed by atoms with Gasteiger partial charge in [-0.25, -0.2) is 4.98 Å². The number of rotatable bonds is 4. The third-order valence-corrected chi connectivity index (χ3v) is 3.18. The van der Waals surface area contributed by atoms with Crippen LogP contribution in [0.1, 0.15) is 24.4 Å². The second-order valence-corrected chi connectivity index (χ2v) is 4.39. The summed E-state index contributed by atoms with van der Waals surface area (Å²) in [5.41, 5.74) is 2.17. The summed E-state index contributed by atoms with van der Waals surface area (Å²) in [6, 6.07) is 10.3. The van der Waals surface area contributed by atoms with E-state index in [1.807, 2.05) is 18.5 Å². The van der Waals surface area contributed by atoms with Crippen molar-refractivity contribution < 1.29 is 0 Å². The first-order chi connectivity index (χ1) is 9.40. The van der Waals surface area contributed by atoms with Gasteiger partial charge in [-0.2, -0.15) is 0 Å². The van der Waals surface area contributed by atoms with Gasteiger partial charge in [0, 0.05) is 29.5 Å². The molecular formula is C15H16N4. The molecule has 3 aromatic rings. The Balaban J connectivity index is 2.15. The molecule has 0 spiro atoms. The SMILES string of the molecule is CCNC(c1ncc[nH]1)c1cccc2cccnc12. The maximum absolute atomic E-state index is 4.51. The zero-order valence-electron chi connectivity index (χ0n) is 10.8. The molecule has 0 fully saturated rings. The summed E-state index contributed by atoms with van der Waals surface area (Å²) in [5.74, 6) is 0.917. The van der Waals surface area contributed by atoms with E-state index in [1.165, 1.54) is 0 Å². The van der Waals surface area contributed by atoms with Crippen molar-refractivity contribution in [3.8, 4) is 0 Å². The van der Waals surface area contributed by atoms with Gasteiger partial charge in [0.25, 0.3) is 0 Å². The number of nitrogens with zero attached hydrogens (tertiary/aromatic N) is 2. The molecule has 1 atom stereocenters. The Hall–Kier alpha value is -2.20. The van der Waals surface area contributed by atoms with Gasteiger partial charge in [-0.3, -0.25) is 4.98 Å². The van der Waals surface area contributed by atoms with Gasteiger partial charge in [-0.05, 0) is 12.6 Å². The number of H-pyrrole nitrogens is 1. The quantitative estimate of drug-likeness (QED) is 0.750. The fraction of sp³-hybridized carbons (Fsp3) is 0.200. The van der Waals surface area contributed by atoms with Crippen LogP contribution in [0.3, 0.4) is 0 Å². The summed E-state index contributed by atoms with van der Waals surface area (Å²) in [6.07, 6.45) is 5.45. The van der Waals surface area contributed by atoms with Gasteiger partial charge >= 0.3 is 0 Å². The van der Waals surface area contributed by atoms with Gasteiger partial charge in [0.1, 0.15) is 5.82 Å². The zero-order valence-corrected chi connectivity index (χ0v) is 10.8. The van der Waals surface area contributed by atoms with E-state index in [4.69, 9.17) is 0 Å². The van der Waals surface area contributed by atoms with E-state index < -0.39 is 0 Å². The predicted octanol–water partition coefficient (Wildman–Crippen LogP) is 2.66. The molecule has 0 aliphatic rings. The standard InChI is InChI=1S/C15H16N4/c1-2-16-14(15-18-9-10-19-15)12-7-3-5-11-6-4-8-17-13(11)12/h3-10,14,16H,2H2,1H3,(H,18,19). The molecule has 0 saturated carbocycles. The first-order valence-electron chi connectivity index (χ1n) is 6.46. The van der Waals surface area contributed by atoms with Crippen LogP contribution in [0, 0.1) is 0 Å². The molecule has 0 aliphatic heterocycles. The minimum atomic E-state index is 0.0404. The normalized spacial score (nSPS) is 12.7. The average molecular weight is 252 g/mol. The summed E-state index contributed by atoms with van der Waals surface area (Å²) in [4.78, 5) is 12.1. The Kier molecular flexibility index (Phi) is 3.25. The lowest BCUT2D eigenvalue weighted by Gasteiger charge is -2.17. The fourth-order valence-electron chi connectivity index (χ4n) is 2.35. The largest absolute Gasteiger partial charge is 0.347 e. The van der Waals surface area contributed by atoms with Crippen molar-refractivity contribution in [2.24, 2.45) is 0 Å². The van der Waals surface area contributed by atoms with Gasteiger partial charge < -0.3 is 10.3 Å². The first kappa shape index (κ1) is 11.9. The van der Waals surface area contributed by atoms with Crippen molar-refractivity contribution in [2.75, 3.05) is 6.54 Å². The third kappa shape index (κ3) is 2.22. The van der Waals surface area contributed by atoms with E-state index in [1.54, 1.807) is 6.20 Å². The average Bonchev–Trinajstić information content (AvgIpc) is 2.98. The molecule has 1 aromatic carbocycles. The van der Waals surface area contributed by atoms with Gasteiger partial charge in [-0.15, -0.1) is 0 Å². The number of imidazole rings is 1. The van der Waals surface area contributed by atoms with Crippen molar-refractivity contribution >= 4 is 10.9 Å². The molecule has 2 aromatic heterocycles. The minimum absolute atomic E-state index is 0.0404. The molecule has 0 amide bonds. The van der Waals surface area contributed by atoms with Crippen molar-refractivity contribution in [2.45, 2.75) is 13.0 Å². The lowest BCUT2D eigenvalue weighted by molar-refractivity contribution is 0.606. The summed E-state index contributed by atoms with van der Waals surface area (Å²) in [5, 5.41) is 4.61.